The average molecular weight is 342 g/mol. The van der Waals surface area contributed by atoms with E-state index in [1.165, 1.54) is 6.08 Å². The molecule has 2 atom stereocenters. The number of hydrogen-bond acceptors (Lipinski definition) is 4. The second-order valence-electron chi connectivity index (χ2n) is 7.38. The Kier molecular flexibility index (Phi) is 4.37. The predicted molar refractivity (Wildman–Crippen MR) is 93.1 cm³/mol. The zero-order valence-corrected chi connectivity index (χ0v) is 14.6. The number of carbonyl (C=O) groups is 3. The van der Waals surface area contributed by atoms with Crippen LogP contribution in [0.1, 0.15) is 26.7 Å². The minimum atomic E-state index is -0.515. The Hall–Kier alpha value is -2.63. The Morgan fingerprint density at radius 3 is 2.56 bits per heavy atom. The lowest BCUT2D eigenvalue weighted by molar-refractivity contribution is -0.129. The van der Waals surface area contributed by atoms with Gasteiger partial charge >= 0.3 is 0 Å². The topological polar surface area (TPSA) is 84.5 Å². The molecule has 1 saturated carbocycles. The maximum atomic E-state index is 12.5. The van der Waals surface area contributed by atoms with Crippen molar-refractivity contribution in [2.45, 2.75) is 32.7 Å². The van der Waals surface area contributed by atoms with Crippen LogP contribution in [0.15, 0.2) is 35.9 Å². The van der Waals surface area contributed by atoms with Gasteiger partial charge in [0.25, 0.3) is 11.8 Å². The van der Waals surface area contributed by atoms with E-state index in [2.05, 4.69) is 10.6 Å². The molecule has 3 rings (SSSR count). The van der Waals surface area contributed by atoms with E-state index in [4.69, 9.17) is 4.74 Å². The molecule has 6 nitrogen and oxygen atoms in total. The third-order valence-electron chi connectivity index (χ3n) is 4.73. The second-order valence-corrected chi connectivity index (χ2v) is 7.38. The summed E-state index contributed by atoms with van der Waals surface area (Å²) in [4.78, 5) is 37.2. The lowest BCUT2D eigenvalue weighted by Crippen LogP contribution is -2.53. The average Bonchev–Trinajstić information content (AvgIpc) is 2.53. The molecule has 1 aliphatic carbocycles. The van der Waals surface area contributed by atoms with E-state index < -0.39 is 17.7 Å². The second kappa shape index (κ2) is 6.35. The summed E-state index contributed by atoms with van der Waals surface area (Å²) in [6, 6.07) is 6.58. The predicted octanol–water partition coefficient (Wildman–Crippen LogP) is 2.06. The molecule has 1 aromatic rings. The standard InChI is InChI=1S/C19H22N2O4/c1-19(2)9-15-13(16(22)10-19)8-14(18(24)21-15)17(23)20-11-4-6-12(25-3)7-5-11/h4-8,13,15H,9-10H2,1-3H3,(H,20,23)(H,21,24). The minimum Gasteiger partial charge on any atom is -0.497 e. The van der Waals surface area contributed by atoms with Crippen LogP contribution in [0, 0.1) is 11.3 Å². The molecule has 132 valence electrons. The Bertz CT molecular complexity index is 749. The van der Waals surface area contributed by atoms with Crippen molar-refractivity contribution < 1.29 is 19.1 Å². The number of fused-ring (bicyclic) bond motifs is 1. The first-order valence-corrected chi connectivity index (χ1v) is 8.30. The number of ether oxygens (including phenoxy) is 1. The van der Waals surface area contributed by atoms with Crippen molar-refractivity contribution in [2.24, 2.45) is 11.3 Å². The SMILES string of the molecule is COc1ccc(NC(=O)C2=CC3C(=O)CC(C)(C)CC3NC2=O)cc1. The van der Waals surface area contributed by atoms with Crippen molar-refractivity contribution in [1.29, 1.82) is 0 Å². The molecule has 1 aliphatic heterocycles. The normalized spacial score (nSPS) is 24.7. The van der Waals surface area contributed by atoms with Crippen molar-refractivity contribution in [3.05, 3.63) is 35.9 Å². The van der Waals surface area contributed by atoms with Gasteiger partial charge in [0.1, 0.15) is 17.1 Å². The molecule has 1 heterocycles. The van der Waals surface area contributed by atoms with Gasteiger partial charge in [0, 0.05) is 18.2 Å². The quantitative estimate of drug-likeness (QED) is 0.824. The van der Waals surface area contributed by atoms with E-state index in [0.29, 0.717) is 17.9 Å². The van der Waals surface area contributed by atoms with Crippen LogP contribution >= 0.6 is 0 Å². The monoisotopic (exact) mass is 342 g/mol. The molecule has 6 heteroatoms. The van der Waals surface area contributed by atoms with Crippen LogP contribution in [0.5, 0.6) is 5.75 Å². The van der Waals surface area contributed by atoms with Crippen molar-refractivity contribution in [3.63, 3.8) is 0 Å². The molecule has 2 aliphatic rings. The third-order valence-corrected chi connectivity index (χ3v) is 4.73. The summed E-state index contributed by atoms with van der Waals surface area (Å²) < 4.78 is 5.07. The van der Waals surface area contributed by atoms with Gasteiger partial charge in [0.2, 0.25) is 0 Å². The van der Waals surface area contributed by atoms with Gasteiger partial charge in [-0.15, -0.1) is 0 Å². The number of nitrogens with one attached hydrogen (secondary N) is 2. The number of Topliss-reactive ketones (excluding diaryl/α,β-unsaturated/α-hetero) is 1. The Balaban J connectivity index is 1.78. The van der Waals surface area contributed by atoms with Gasteiger partial charge in [0.05, 0.1) is 13.0 Å². The van der Waals surface area contributed by atoms with Gasteiger partial charge in [-0.2, -0.15) is 0 Å². The zero-order valence-electron chi connectivity index (χ0n) is 14.6. The van der Waals surface area contributed by atoms with Crippen LogP contribution in [-0.2, 0) is 14.4 Å². The van der Waals surface area contributed by atoms with Gasteiger partial charge in [-0.25, -0.2) is 0 Å². The summed E-state index contributed by atoms with van der Waals surface area (Å²) in [5, 5.41) is 5.52. The molecule has 2 amide bonds. The van der Waals surface area contributed by atoms with Gasteiger partial charge in [0.15, 0.2) is 0 Å². The molecule has 1 aromatic carbocycles. The fraction of sp³-hybridized carbons (Fsp3) is 0.421. The number of benzene rings is 1. The highest BCUT2D eigenvalue weighted by Gasteiger charge is 2.43. The van der Waals surface area contributed by atoms with Crippen LogP contribution < -0.4 is 15.4 Å². The molecule has 0 bridgehead atoms. The molecule has 2 N–H and O–H groups in total. The lowest BCUT2D eigenvalue weighted by atomic mass is 9.68. The number of hydrogen-bond donors (Lipinski definition) is 2. The first-order valence-electron chi connectivity index (χ1n) is 8.30. The zero-order chi connectivity index (χ0) is 18.2. The van der Waals surface area contributed by atoms with E-state index in [1.54, 1.807) is 31.4 Å². The molecule has 0 radical (unpaired) electrons. The maximum absolute atomic E-state index is 12.5. The highest BCUT2D eigenvalue weighted by Crippen LogP contribution is 2.38. The van der Waals surface area contributed by atoms with Gasteiger partial charge in [-0.05, 0) is 36.1 Å². The molecule has 25 heavy (non-hydrogen) atoms. The molecule has 1 fully saturated rings. The van der Waals surface area contributed by atoms with Crippen molar-refractivity contribution in [2.75, 3.05) is 12.4 Å². The van der Waals surface area contributed by atoms with Crippen molar-refractivity contribution in [3.8, 4) is 5.75 Å². The summed E-state index contributed by atoms with van der Waals surface area (Å²) in [5.74, 6) is -0.638. The van der Waals surface area contributed by atoms with E-state index in [9.17, 15) is 14.4 Å². The minimum absolute atomic E-state index is 0.00914. The fourth-order valence-electron chi connectivity index (χ4n) is 3.51. The first-order chi connectivity index (χ1) is 11.8. The summed E-state index contributed by atoms with van der Waals surface area (Å²) in [5.41, 5.74) is 0.408. The number of rotatable bonds is 3. The number of amides is 2. The number of anilines is 1. The van der Waals surface area contributed by atoms with Crippen molar-refractivity contribution >= 4 is 23.3 Å². The Labute approximate surface area is 146 Å². The summed E-state index contributed by atoms with van der Waals surface area (Å²) in [7, 11) is 1.56. The first kappa shape index (κ1) is 17.2. The molecular weight excluding hydrogens is 320 g/mol. The van der Waals surface area contributed by atoms with E-state index in [1.807, 2.05) is 13.8 Å². The van der Waals surface area contributed by atoms with E-state index >= 15 is 0 Å². The molecule has 0 aromatic heterocycles. The number of methoxy groups -OCH3 is 1. The smallest absolute Gasteiger partial charge is 0.260 e. The highest BCUT2D eigenvalue weighted by atomic mass is 16.5. The Morgan fingerprint density at radius 1 is 1.24 bits per heavy atom. The molecule has 0 spiro atoms. The van der Waals surface area contributed by atoms with Gasteiger partial charge in [-0.3, -0.25) is 14.4 Å². The maximum Gasteiger partial charge on any atom is 0.260 e. The van der Waals surface area contributed by atoms with E-state index in [0.717, 1.165) is 6.42 Å². The van der Waals surface area contributed by atoms with Gasteiger partial charge < -0.3 is 15.4 Å². The third kappa shape index (κ3) is 3.57. The lowest BCUT2D eigenvalue weighted by Gasteiger charge is -2.41. The summed E-state index contributed by atoms with van der Waals surface area (Å²) in [6.45, 7) is 4.03. The summed E-state index contributed by atoms with van der Waals surface area (Å²) >= 11 is 0. The molecule has 2 unspecified atom stereocenters. The van der Waals surface area contributed by atoms with Crippen LogP contribution in [0.4, 0.5) is 5.69 Å². The number of carbonyl (C=O) groups excluding carboxylic acids is 3. The largest absolute Gasteiger partial charge is 0.497 e. The van der Waals surface area contributed by atoms with Crippen LogP contribution in [0.25, 0.3) is 0 Å². The van der Waals surface area contributed by atoms with Crippen molar-refractivity contribution in [1.82, 2.24) is 5.32 Å². The molecule has 0 saturated heterocycles. The highest BCUT2D eigenvalue weighted by molar-refractivity contribution is 6.23. The van der Waals surface area contributed by atoms with Crippen LogP contribution in [0.3, 0.4) is 0 Å². The number of ketones is 1. The summed E-state index contributed by atoms with van der Waals surface area (Å²) in [6.07, 6.45) is 2.70. The fourth-order valence-corrected chi connectivity index (χ4v) is 3.51. The molecular formula is C19H22N2O4. The van der Waals surface area contributed by atoms with Gasteiger partial charge in [-0.1, -0.05) is 19.9 Å². The Morgan fingerprint density at radius 2 is 1.92 bits per heavy atom. The van der Waals surface area contributed by atoms with E-state index in [-0.39, 0.29) is 22.8 Å². The van der Waals surface area contributed by atoms with Crippen LogP contribution in [0.2, 0.25) is 0 Å². The van der Waals surface area contributed by atoms with Crippen LogP contribution in [-0.4, -0.2) is 30.7 Å².